The van der Waals surface area contributed by atoms with Crippen LogP contribution in [0.25, 0.3) is 0 Å². The average molecular weight is 277 g/mol. The van der Waals surface area contributed by atoms with Gasteiger partial charge in [-0.3, -0.25) is 4.98 Å². The van der Waals surface area contributed by atoms with Crippen LogP contribution in [-0.4, -0.2) is 39.1 Å². The van der Waals surface area contributed by atoms with Gasteiger partial charge in [-0.05, 0) is 37.0 Å². The molecule has 1 aromatic heterocycles. The van der Waals surface area contributed by atoms with E-state index >= 15 is 0 Å². The summed E-state index contributed by atoms with van der Waals surface area (Å²) in [7, 11) is 0. The van der Waals surface area contributed by atoms with Crippen LogP contribution in [0.15, 0.2) is 24.5 Å². The summed E-state index contributed by atoms with van der Waals surface area (Å²) in [6.45, 7) is 2.67. The van der Waals surface area contributed by atoms with E-state index in [1.54, 1.807) is 12.4 Å². The minimum Gasteiger partial charge on any atom is -0.479 e. The van der Waals surface area contributed by atoms with Gasteiger partial charge in [-0.2, -0.15) is 0 Å². The molecule has 0 radical (unpaired) electrons. The molecule has 0 spiro atoms. The van der Waals surface area contributed by atoms with Gasteiger partial charge in [-0.25, -0.2) is 9.59 Å². The summed E-state index contributed by atoms with van der Waals surface area (Å²) in [4.78, 5) is 29.1. The second-order valence-electron chi connectivity index (χ2n) is 4.96. The number of amides is 2. The molecule has 2 amide bonds. The molecule has 2 N–H and O–H groups in total. The monoisotopic (exact) mass is 277 g/mol. The molecule has 0 aromatic carbocycles. The van der Waals surface area contributed by atoms with Crippen molar-refractivity contribution in [1.82, 2.24) is 15.2 Å². The number of nitrogens with one attached hydrogen (secondary N) is 1. The van der Waals surface area contributed by atoms with Crippen LogP contribution in [0.2, 0.25) is 0 Å². The van der Waals surface area contributed by atoms with Gasteiger partial charge in [0.25, 0.3) is 0 Å². The third-order valence-corrected chi connectivity index (χ3v) is 3.91. The Morgan fingerprint density at radius 2 is 2.15 bits per heavy atom. The molecule has 1 saturated heterocycles. The molecular formula is C14H19N3O3. The Hall–Kier alpha value is -2.11. The number of carbonyl (C=O) groups excluding carboxylic acids is 1. The lowest BCUT2D eigenvalue weighted by atomic mass is 9.93. The highest BCUT2D eigenvalue weighted by atomic mass is 16.4. The van der Waals surface area contributed by atoms with Gasteiger partial charge in [-0.1, -0.05) is 6.92 Å². The predicted octanol–water partition coefficient (Wildman–Crippen LogP) is 1.62. The second-order valence-corrected chi connectivity index (χ2v) is 4.96. The molecule has 1 atom stereocenters. The highest BCUT2D eigenvalue weighted by molar-refractivity contribution is 5.87. The highest BCUT2D eigenvalue weighted by Crippen LogP contribution is 2.32. The van der Waals surface area contributed by atoms with Gasteiger partial charge in [0, 0.05) is 25.5 Å². The molecule has 1 fully saturated rings. The maximum atomic E-state index is 12.2. The SMILES string of the molecule is CCC1(C(=O)O)CCCN1C(=O)NCc1ccncc1. The standard InChI is InChI=1S/C14H19N3O3/c1-2-14(12(18)19)6-3-9-17(14)13(20)16-10-11-4-7-15-8-5-11/h4-5,7-8H,2-3,6,9-10H2,1H3,(H,16,20)(H,18,19). The zero-order chi connectivity index (χ0) is 14.6. The van der Waals surface area contributed by atoms with Crippen molar-refractivity contribution in [3.8, 4) is 0 Å². The largest absolute Gasteiger partial charge is 0.479 e. The van der Waals surface area contributed by atoms with Crippen molar-refractivity contribution < 1.29 is 14.7 Å². The van der Waals surface area contributed by atoms with Gasteiger partial charge in [0.2, 0.25) is 0 Å². The molecule has 108 valence electrons. The molecular weight excluding hydrogens is 258 g/mol. The maximum Gasteiger partial charge on any atom is 0.329 e. The molecule has 6 heteroatoms. The first-order chi connectivity index (χ1) is 9.60. The van der Waals surface area contributed by atoms with E-state index in [1.165, 1.54) is 4.90 Å². The lowest BCUT2D eigenvalue weighted by molar-refractivity contribution is -0.148. The Bertz CT molecular complexity index is 492. The van der Waals surface area contributed by atoms with Crippen LogP contribution in [0.4, 0.5) is 4.79 Å². The number of urea groups is 1. The summed E-state index contributed by atoms with van der Waals surface area (Å²) in [5.74, 6) is -0.920. The zero-order valence-corrected chi connectivity index (χ0v) is 11.5. The Morgan fingerprint density at radius 3 is 2.75 bits per heavy atom. The van der Waals surface area contributed by atoms with Gasteiger partial charge in [0.05, 0.1) is 0 Å². The molecule has 1 aliphatic rings. The third-order valence-electron chi connectivity index (χ3n) is 3.91. The second kappa shape index (κ2) is 5.90. The Labute approximate surface area is 117 Å². The number of hydrogen-bond donors (Lipinski definition) is 2. The molecule has 2 heterocycles. The number of carboxylic acid groups (broad SMARTS) is 1. The van der Waals surface area contributed by atoms with Crippen molar-refractivity contribution in [2.75, 3.05) is 6.54 Å². The number of carbonyl (C=O) groups is 2. The highest BCUT2D eigenvalue weighted by Gasteiger charge is 2.48. The van der Waals surface area contributed by atoms with Gasteiger partial charge < -0.3 is 15.3 Å². The first kappa shape index (κ1) is 14.3. The zero-order valence-electron chi connectivity index (χ0n) is 11.5. The van der Waals surface area contributed by atoms with Crippen molar-refractivity contribution in [1.29, 1.82) is 0 Å². The lowest BCUT2D eigenvalue weighted by Crippen LogP contribution is -2.55. The third kappa shape index (κ3) is 2.59. The quantitative estimate of drug-likeness (QED) is 0.876. The van der Waals surface area contributed by atoms with E-state index in [4.69, 9.17) is 0 Å². The summed E-state index contributed by atoms with van der Waals surface area (Å²) in [6.07, 6.45) is 4.98. The molecule has 0 saturated carbocycles. The van der Waals surface area contributed by atoms with Crippen LogP contribution in [0.5, 0.6) is 0 Å². The molecule has 0 bridgehead atoms. The van der Waals surface area contributed by atoms with Crippen LogP contribution >= 0.6 is 0 Å². The Morgan fingerprint density at radius 1 is 1.45 bits per heavy atom. The van der Waals surface area contributed by atoms with E-state index in [0.717, 1.165) is 12.0 Å². The molecule has 20 heavy (non-hydrogen) atoms. The Kier molecular flexibility index (Phi) is 4.22. The smallest absolute Gasteiger partial charge is 0.329 e. The van der Waals surface area contributed by atoms with E-state index in [0.29, 0.717) is 25.9 Å². The van der Waals surface area contributed by atoms with Gasteiger partial charge in [-0.15, -0.1) is 0 Å². The summed E-state index contributed by atoms with van der Waals surface area (Å²) in [6, 6.07) is 3.31. The maximum absolute atomic E-state index is 12.2. The topological polar surface area (TPSA) is 82.5 Å². The van der Waals surface area contributed by atoms with Crippen LogP contribution in [0.1, 0.15) is 31.7 Å². The number of nitrogens with zero attached hydrogens (tertiary/aromatic N) is 2. The summed E-state index contributed by atoms with van der Waals surface area (Å²) in [5.41, 5.74) is -0.118. The van der Waals surface area contributed by atoms with Gasteiger partial charge in [0.15, 0.2) is 0 Å². The van der Waals surface area contributed by atoms with E-state index in [1.807, 2.05) is 19.1 Å². The predicted molar refractivity (Wildman–Crippen MR) is 73.1 cm³/mol. The normalized spacial score (nSPS) is 21.8. The fraction of sp³-hybridized carbons (Fsp3) is 0.500. The summed E-state index contributed by atoms with van der Waals surface area (Å²) >= 11 is 0. The number of aromatic nitrogens is 1. The summed E-state index contributed by atoms with van der Waals surface area (Å²) in [5, 5.41) is 12.2. The number of likely N-dealkylation sites (tertiary alicyclic amines) is 1. The number of carboxylic acids is 1. The molecule has 1 aliphatic heterocycles. The number of pyridine rings is 1. The van der Waals surface area contributed by atoms with E-state index in [2.05, 4.69) is 10.3 Å². The van der Waals surface area contributed by atoms with Crippen molar-refractivity contribution in [3.63, 3.8) is 0 Å². The minimum absolute atomic E-state index is 0.316. The van der Waals surface area contributed by atoms with Crippen LogP contribution in [-0.2, 0) is 11.3 Å². The van der Waals surface area contributed by atoms with E-state index < -0.39 is 11.5 Å². The van der Waals surface area contributed by atoms with E-state index in [9.17, 15) is 14.7 Å². The Balaban J connectivity index is 2.03. The molecule has 1 unspecified atom stereocenters. The van der Waals surface area contributed by atoms with Crippen molar-refractivity contribution in [2.45, 2.75) is 38.3 Å². The van der Waals surface area contributed by atoms with Crippen molar-refractivity contribution in [3.05, 3.63) is 30.1 Å². The number of aliphatic carboxylic acids is 1. The van der Waals surface area contributed by atoms with Gasteiger partial charge >= 0.3 is 12.0 Å². The number of hydrogen-bond acceptors (Lipinski definition) is 3. The van der Waals surface area contributed by atoms with Crippen molar-refractivity contribution in [2.24, 2.45) is 0 Å². The lowest BCUT2D eigenvalue weighted by Gasteiger charge is -2.33. The van der Waals surface area contributed by atoms with Crippen molar-refractivity contribution >= 4 is 12.0 Å². The molecule has 0 aliphatic carbocycles. The van der Waals surface area contributed by atoms with E-state index in [-0.39, 0.29) is 6.03 Å². The number of rotatable bonds is 4. The summed E-state index contributed by atoms with van der Waals surface area (Å²) < 4.78 is 0. The average Bonchev–Trinajstić information content (AvgIpc) is 2.91. The fourth-order valence-electron chi connectivity index (χ4n) is 2.69. The molecule has 6 nitrogen and oxygen atoms in total. The fourth-order valence-corrected chi connectivity index (χ4v) is 2.69. The first-order valence-electron chi connectivity index (χ1n) is 6.78. The van der Waals surface area contributed by atoms with Crippen LogP contribution in [0.3, 0.4) is 0 Å². The molecule has 2 rings (SSSR count). The van der Waals surface area contributed by atoms with Gasteiger partial charge in [0.1, 0.15) is 5.54 Å². The van der Waals surface area contributed by atoms with Crippen LogP contribution in [0, 0.1) is 0 Å². The van der Waals surface area contributed by atoms with Crippen LogP contribution < -0.4 is 5.32 Å². The first-order valence-corrected chi connectivity index (χ1v) is 6.78. The minimum atomic E-state index is -1.05. The molecule has 1 aromatic rings.